The molecule has 0 saturated carbocycles. The van der Waals surface area contributed by atoms with Gasteiger partial charge in [-0.1, -0.05) is 0 Å². The van der Waals surface area contributed by atoms with Crippen molar-refractivity contribution in [3.63, 3.8) is 0 Å². The number of amides is 2. The van der Waals surface area contributed by atoms with Gasteiger partial charge in [-0.3, -0.25) is 0 Å². The molecule has 0 radical (unpaired) electrons. The van der Waals surface area contributed by atoms with Crippen LogP contribution in [0.5, 0.6) is 0 Å². The Labute approximate surface area is 95.5 Å². The second-order valence-electron chi connectivity index (χ2n) is 4.30. The van der Waals surface area contributed by atoms with Crippen molar-refractivity contribution in [1.29, 1.82) is 0 Å². The lowest BCUT2D eigenvalue weighted by Gasteiger charge is -2.36. The summed E-state index contributed by atoms with van der Waals surface area (Å²) in [6.07, 6.45) is 0.908. The third-order valence-corrected chi connectivity index (χ3v) is 3.14. The van der Waals surface area contributed by atoms with Crippen LogP contribution < -0.4 is 16.4 Å². The fourth-order valence-corrected chi connectivity index (χ4v) is 2.14. The number of nitrogens with zero attached hydrogens (tertiary/aromatic N) is 1. The van der Waals surface area contributed by atoms with Crippen molar-refractivity contribution in [2.45, 2.75) is 18.5 Å². The highest BCUT2D eigenvalue weighted by atomic mass is 16.5. The van der Waals surface area contributed by atoms with E-state index in [0.29, 0.717) is 13.2 Å². The van der Waals surface area contributed by atoms with Gasteiger partial charge in [0.15, 0.2) is 0 Å². The first-order chi connectivity index (χ1) is 7.81. The fourth-order valence-electron chi connectivity index (χ4n) is 2.14. The van der Waals surface area contributed by atoms with Gasteiger partial charge in [-0.05, 0) is 6.42 Å². The van der Waals surface area contributed by atoms with Crippen molar-refractivity contribution < 1.29 is 9.53 Å². The van der Waals surface area contributed by atoms with Crippen LogP contribution in [0.3, 0.4) is 0 Å². The van der Waals surface area contributed by atoms with Crippen molar-refractivity contribution in [3.8, 4) is 0 Å². The van der Waals surface area contributed by atoms with Crippen molar-refractivity contribution in [2.75, 3.05) is 39.4 Å². The van der Waals surface area contributed by atoms with Gasteiger partial charge in [0, 0.05) is 32.8 Å². The number of urea groups is 1. The van der Waals surface area contributed by atoms with E-state index in [1.54, 1.807) is 0 Å². The molecule has 2 amide bonds. The van der Waals surface area contributed by atoms with Crippen LogP contribution in [-0.4, -0.2) is 62.4 Å². The molecule has 2 unspecified atom stereocenters. The molecule has 2 heterocycles. The minimum atomic E-state index is -0.00699. The zero-order chi connectivity index (χ0) is 11.4. The first-order valence-corrected chi connectivity index (χ1v) is 5.87. The number of carbonyl (C=O) groups is 1. The summed E-state index contributed by atoms with van der Waals surface area (Å²) in [6.45, 7) is 4.22. The smallest absolute Gasteiger partial charge is 0.318 e. The van der Waals surface area contributed by atoms with Gasteiger partial charge < -0.3 is 26.0 Å². The molecule has 6 heteroatoms. The molecule has 2 rings (SSSR count). The molecule has 16 heavy (non-hydrogen) atoms. The Kier molecular flexibility index (Phi) is 3.98. The van der Waals surface area contributed by atoms with Gasteiger partial charge in [0.25, 0.3) is 0 Å². The molecule has 0 aliphatic carbocycles. The van der Waals surface area contributed by atoms with Gasteiger partial charge in [-0.25, -0.2) is 4.79 Å². The van der Waals surface area contributed by atoms with Crippen LogP contribution in [-0.2, 0) is 4.74 Å². The first kappa shape index (κ1) is 11.6. The lowest BCUT2D eigenvalue weighted by Crippen LogP contribution is -2.59. The van der Waals surface area contributed by atoms with Gasteiger partial charge in [0.2, 0.25) is 0 Å². The van der Waals surface area contributed by atoms with E-state index >= 15 is 0 Å². The molecule has 2 atom stereocenters. The van der Waals surface area contributed by atoms with Crippen LogP contribution in [0, 0.1) is 0 Å². The van der Waals surface area contributed by atoms with Crippen molar-refractivity contribution in [1.82, 2.24) is 15.5 Å². The molecule has 4 N–H and O–H groups in total. The second kappa shape index (κ2) is 5.47. The average molecular weight is 228 g/mol. The van der Waals surface area contributed by atoms with Crippen LogP contribution in [0.2, 0.25) is 0 Å². The number of nitrogens with one attached hydrogen (secondary N) is 2. The van der Waals surface area contributed by atoms with E-state index in [-0.39, 0.29) is 18.1 Å². The number of piperazine rings is 1. The van der Waals surface area contributed by atoms with Crippen molar-refractivity contribution >= 4 is 6.03 Å². The molecular weight excluding hydrogens is 208 g/mol. The molecular formula is C10H20N4O2. The zero-order valence-electron chi connectivity index (χ0n) is 9.45. The zero-order valence-corrected chi connectivity index (χ0v) is 9.45. The Morgan fingerprint density at radius 3 is 3.19 bits per heavy atom. The van der Waals surface area contributed by atoms with Gasteiger partial charge in [0.05, 0.1) is 18.7 Å². The Morgan fingerprint density at radius 1 is 1.62 bits per heavy atom. The minimum absolute atomic E-state index is 0.00699. The fraction of sp³-hybridized carbons (Fsp3) is 0.900. The van der Waals surface area contributed by atoms with Crippen LogP contribution >= 0.6 is 0 Å². The van der Waals surface area contributed by atoms with Crippen LogP contribution in [0.1, 0.15) is 6.42 Å². The molecule has 0 spiro atoms. The largest absolute Gasteiger partial charge is 0.379 e. The summed E-state index contributed by atoms with van der Waals surface area (Å²) < 4.78 is 5.23. The number of nitrogens with two attached hydrogens (primary N) is 1. The SMILES string of the molecule is NCC1CNCCN1C(=O)NC1CCOC1. The van der Waals surface area contributed by atoms with E-state index in [1.807, 2.05) is 4.90 Å². The predicted molar refractivity (Wildman–Crippen MR) is 60.2 cm³/mol. The highest BCUT2D eigenvalue weighted by Crippen LogP contribution is 2.07. The molecule has 0 bridgehead atoms. The third kappa shape index (κ3) is 2.63. The molecule has 0 aromatic heterocycles. The highest BCUT2D eigenvalue weighted by Gasteiger charge is 2.27. The second-order valence-corrected chi connectivity index (χ2v) is 4.30. The summed E-state index contributed by atoms with van der Waals surface area (Å²) in [4.78, 5) is 13.8. The van der Waals surface area contributed by atoms with E-state index < -0.39 is 0 Å². The van der Waals surface area contributed by atoms with E-state index in [1.165, 1.54) is 0 Å². The summed E-state index contributed by atoms with van der Waals surface area (Å²) in [7, 11) is 0. The first-order valence-electron chi connectivity index (χ1n) is 5.87. The topological polar surface area (TPSA) is 79.6 Å². The molecule has 92 valence electrons. The molecule has 2 aliphatic heterocycles. The van der Waals surface area contributed by atoms with Gasteiger partial charge in [0.1, 0.15) is 0 Å². The van der Waals surface area contributed by atoms with Crippen molar-refractivity contribution in [2.24, 2.45) is 5.73 Å². The summed E-state index contributed by atoms with van der Waals surface area (Å²) in [5.74, 6) is 0. The molecule has 2 fully saturated rings. The summed E-state index contributed by atoms with van der Waals surface area (Å²) >= 11 is 0. The lowest BCUT2D eigenvalue weighted by molar-refractivity contribution is 0.152. The molecule has 2 saturated heterocycles. The quantitative estimate of drug-likeness (QED) is 0.550. The van der Waals surface area contributed by atoms with Crippen LogP contribution in [0.4, 0.5) is 4.79 Å². The Hall–Kier alpha value is -0.850. The monoisotopic (exact) mass is 228 g/mol. The summed E-state index contributed by atoms with van der Waals surface area (Å²) in [6, 6.07) is 0.268. The Balaban J connectivity index is 1.86. The van der Waals surface area contributed by atoms with Gasteiger partial charge >= 0.3 is 6.03 Å². The number of hydrogen-bond donors (Lipinski definition) is 3. The molecule has 2 aliphatic rings. The number of rotatable bonds is 2. The standard InChI is InChI=1S/C10H20N4O2/c11-5-9-6-12-2-3-14(9)10(15)13-8-1-4-16-7-8/h8-9,12H,1-7,11H2,(H,13,15). The predicted octanol–water partition coefficient (Wildman–Crippen LogP) is -1.28. The van der Waals surface area contributed by atoms with Gasteiger partial charge in [-0.15, -0.1) is 0 Å². The maximum atomic E-state index is 12.0. The van der Waals surface area contributed by atoms with E-state index in [4.69, 9.17) is 10.5 Å². The highest BCUT2D eigenvalue weighted by molar-refractivity contribution is 5.75. The Morgan fingerprint density at radius 2 is 2.50 bits per heavy atom. The van der Waals surface area contributed by atoms with E-state index in [0.717, 1.165) is 32.7 Å². The normalized spacial score (nSPS) is 30.4. The maximum Gasteiger partial charge on any atom is 0.318 e. The molecule has 0 aromatic carbocycles. The van der Waals surface area contributed by atoms with E-state index in [9.17, 15) is 4.79 Å². The van der Waals surface area contributed by atoms with Crippen LogP contribution in [0.15, 0.2) is 0 Å². The minimum Gasteiger partial charge on any atom is -0.379 e. The third-order valence-electron chi connectivity index (χ3n) is 3.14. The Bertz CT molecular complexity index is 243. The summed E-state index contributed by atoms with van der Waals surface area (Å²) in [5.41, 5.74) is 5.65. The molecule has 0 aromatic rings. The lowest BCUT2D eigenvalue weighted by atomic mass is 10.2. The number of ether oxygens (including phenoxy) is 1. The van der Waals surface area contributed by atoms with Gasteiger partial charge in [-0.2, -0.15) is 0 Å². The number of hydrogen-bond acceptors (Lipinski definition) is 4. The summed E-state index contributed by atoms with van der Waals surface area (Å²) in [5, 5.41) is 6.23. The molecule has 6 nitrogen and oxygen atoms in total. The average Bonchev–Trinajstić information content (AvgIpc) is 2.81. The van der Waals surface area contributed by atoms with E-state index in [2.05, 4.69) is 10.6 Å². The van der Waals surface area contributed by atoms with Crippen molar-refractivity contribution in [3.05, 3.63) is 0 Å². The van der Waals surface area contributed by atoms with Crippen LogP contribution in [0.25, 0.3) is 0 Å². The maximum absolute atomic E-state index is 12.0. The number of carbonyl (C=O) groups excluding carboxylic acids is 1.